The van der Waals surface area contributed by atoms with Gasteiger partial charge in [0.15, 0.2) is 0 Å². The van der Waals surface area contributed by atoms with E-state index >= 15 is 0 Å². The topological polar surface area (TPSA) is 42.0 Å². The molecule has 1 N–H and O–H groups in total. The first-order valence-electron chi connectivity index (χ1n) is 7.83. The van der Waals surface area contributed by atoms with Gasteiger partial charge in [-0.05, 0) is 59.0 Å². The number of halogens is 2. The molecule has 6 heteroatoms. The molecule has 0 unspecified atom stereocenters. The van der Waals surface area contributed by atoms with Gasteiger partial charge in [0.2, 0.25) is 0 Å². The number of nitrogens with one attached hydrogen (secondary N) is 1. The lowest BCUT2D eigenvalue weighted by Crippen LogP contribution is -2.13. The van der Waals surface area contributed by atoms with E-state index in [-0.39, 0.29) is 5.91 Å². The molecule has 0 radical (unpaired) electrons. The van der Waals surface area contributed by atoms with Crippen molar-refractivity contribution < 1.29 is 4.79 Å². The summed E-state index contributed by atoms with van der Waals surface area (Å²) < 4.78 is 2.02. The van der Waals surface area contributed by atoms with Gasteiger partial charge in [0, 0.05) is 9.13 Å². The molecule has 1 heterocycles. The minimum Gasteiger partial charge on any atom is -0.321 e. The van der Waals surface area contributed by atoms with Gasteiger partial charge in [0.25, 0.3) is 5.91 Å². The lowest BCUT2D eigenvalue weighted by molar-refractivity contribution is 0.102. The van der Waals surface area contributed by atoms with Crippen LogP contribution in [-0.2, 0) is 0 Å². The fourth-order valence-corrected chi connectivity index (χ4v) is 4.34. The van der Waals surface area contributed by atoms with E-state index in [0.29, 0.717) is 16.3 Å². The average molecular weight is 491 g/mol. The molecule has 26 heavy (non-hydrogen) atoms. The van der Waals surface area contributed by atoms with Gasteiger partial charge in [-0.1, -0.05) is 41.9 Å². The van der Waals surface area contributed by atoms with Crippen LogP contribution < -0.4 is 5.32 Å². The summed E-state index contributed by atoms with van der Waals surface area (Å²) in [5, 5.41) is 4.30. The number of aromatic nitrogens is 1. The molecule has 1 amide bonds. The minimum atomic E-state index is -0.182. The summed E-state index contributed by atoms with van der Waals surface area (Å²) >= 11 is 10.1. The molecule has 0 aliphatic rings. The largest absolute Gasteiger partial charge is 0.321 e. The molecule has 0 spiro atoms. The Kier molecular flexibility index (Phi) is 4.93. The predicted octanol–water partition coefficient (Wildman–Crippen LogP) is 6.47. The van der Waals surface area contributed by atoms with Crippen LogP contribution in [0.4, 0.5) is 5.69 Å². The lowest BCUT2D eigenvalue weighted by atomic mass is 10.1. The smallest absolute Gasteiger partial charge is 0.256 e. The second-order valence-corrected chi connectivity index (χ2v) is 8.22. The Bertz CT molecular complexity index is 1090. The Balaban J connectivity index is 1.68. The number of hydrogen-bond acceptors (Lipinski definition) is 3. The van der Waals surface area contributed by atoms with Gasteiger partial charge in [0.1, 0.15) is 5.01 Å². The molecule has 4 aromatic rings. The number of anilines is 1. The lowest BCUT2D eigenvalue weighted by Gasteiger charge is -2.10. The molecule has 3 aromatic carbocycles. The molecule has 128 valence electrons. The van der Waals surface area contributed by atoms with E-state index in [1.54, 1.807) is 23.5 Å². The Morgan fingerprint density at radius 2 is 1.81 bits per heavy atom. The highest BCUT2D eigenvalue weighted by Gasteiger charge is 2.13. The first kappa shape index (κ1) is 17.5. The van der Waals surface area contributed by atoms with Crippen LogP contribution in [0.1, 0.15) is 10.4 Å². The number of benzene rings is 3. The molecule has 0 atom stereocenters. The first-order valence-corrected chi connectivity index (χ1v) is 10.1. The minimum absolute atomic E-state index is 0.182. The Morgan fingerprint density at radius 1 is 1.04 bits per heavy atom. The van der Waals surface area contributed by atoms with Gasteiger partial charge < -0.3 is 5.32 Å². The van der Waals surface area contributed by atoms with Crippen molar-refractivity contribution >= 4 is 67.3 Å². The Labute approximate surface area is 173 Å². The highest BCUT2D eigenvalue weighted by molar-refractivity contribution is 14.1. The van der Waals surface area contributed by atoms with Crippen molar-refractivity contribution in [3.8, 4) is 10.6 Å². The van der Waals surface area contributed by atoms with E-state index in [9.17, 15) is 4.79 Å². The third kappa shape index (κ3) is 3.47. The van der Waals surface area contributed by atoms with Crippen molar-refractivity contribution in [3.05, 3.63) is 80.9 Å². The first-order chi connectivity index (χ1) is 12.6. The van der Waals surface area contributed by atoms with Crippen molar-refractivity contribution in [2.45, 2.75) is 0 Å². The molecule has 3 nitrogen and oxygen atoms in total. The number of nitrogens with zero attached hydrogens (tertiary/aromatic N) is 1. The molecule has 0 fully saturated rings. The van der Waals surface area contributed by atoms with Crippen LogP contribution in [0.5, 0.6) is 0 Å². The highest BCUT2D eigenvalue weighted by Crippen LogP contribution is 2.34. The van der Waals surface area contributed by atoms with Crippen LogP contribution in [0, 0.1) is 3.57 Å². The average Bonchev–Trinajstić information content (AvgIpc) is 3.08. The maximum Gasteiger partial charge on any atom is 0.256 e. The molecule has 0 saturated heterocycles. The normalized spacial score (nSPS) is 10.8. The van der Waals surface area contributed by atoms with E-state index in [1.807, 2.05) is 54.6 Å². The Morgan fingerprint density at radius 3 is 2.62 bits per heavy atom. The summed E-state index contributed by atoms with van der Waals surface area (Å²) in [6.07, 6.45) is 0. The molecular weight excluding hydrogens is 479 g/mol. The molecule has 1 aromatic heterocycles. The van der Waals surface area contributed by atoms with Crippen molar-refractivity contribution in [2.75, 3.05) is 5.32 Å². The second-order valence-electron chi connectivity index (χ2n) is 5.62. The number of thiazole rings is 1. The molecule has 0 saturated carbocycles. The standard InChI is InChI=1S/C20H12ClIN2OS/c21-14-10-9-12(20-24-16-7-3-4-8-18(16)26-20)11-17(14)23-19(25)13-5-1-2-6-15(13)22/h1-11H,(H,23,25). The van der Waals surface area contributed by atoms with Crippen LogP contribution in [-0.4, -0.2) is 10.9 Å². The Hall–Kier alpha value is -1.96. The summed E-state index contributed by atoms with van der Waals surface area (Å²) in [7, 11) is 0. The fraction of sp³-hybridized carbons (Fsp3) is 0. The van der Waals surface area contributed by atoms with Crippen molar-refractivity contribution in [2.24, 2.45) is 0 Å². The molecule has 0 aliphatic carbocycles. The molecule has 4 rings (SSSR count). The number of rotatable bonds is 3. The summed E-state index contributed by atoms with van der Waals surface area (Å²) in [5.74, 6) is -0.182. The third-order valence-corrected chi connectivity index (χ3v) is 6.23. The quantitative estimate of drug-likeness (QED) is 0.334. The van der Waals surface area contributed by atoms with E-state index in [4.69, 9.17) is 11.6 Å². The molecular formula is C20H12ClIN2OS. The van der Waals surface area contributed by atoms with Crippen molar-refractivity contribution in [3.63, 3.8) is 0 Å². The summed E-state index contributed by atoms with van der Waals surface area (Å²) in [6, 6.07) is 21.0. The third-order valence-electron chi connectivity index (χ3n) is 3.87. The zero-order valence-electron chi connectivity index (χ0n) is 13.4. The van der Waals surface area contributed by atoms with Crippen LogP contribution in [0.2, 0.25) is 5.02 Å². The van der Waals surface area contributed by atoms with Crippen LogP contribution in [0.15, 0.2) is 66.7 Å². The number of amides is 1. The van der Waals surface area contributed by atoms with Gasteiger partial charge in [-0.2, -0.15) is 0 Å². The van der Waals surface area contributed by atoms with Crippen molar-refractivity contribution in [1.29, 1.82) is 0 Å². The van der Waals surface area contributed by atoms with E-state index in [0.717, 1.165) is 24.4 Å². The van der Waals surface area contributed by atoms with Gasteiger partial charge in [-0.3, -0.25) is 4.79 Å². The predicted molar refractivity (Wildman–Crippen MR) is 117 cm³/mol. The van der Waals surface area contributed by atoms with E-state index in [1.165, 1.54) is 0 Å². The number of carbonyl (C=O) groups is 1. The van der Waals surface area contributed by atoms with E-state index in [2.05, 4.69) is 32.9 Å². The maximum absolute atomic E-state index is 12.6. The summed E-state index contributed by atoms with van der Waals surface area (Å²) in [5.41, 5.74) is 3.09. The monoisotopic (exact) mass is 490 g/mol. The summed E-state index contributed by atoms with van der Waals surface area (Å²) in [4.78, 5) is 17.3. The number of para-hydroxylation sites is 1. The van der Waals surface area contributed by atoms with E-state index < -0.39 is 0 Å². The fourth-order valence-electron chi connectivity index (χ4n) is 2.58. The highest BCUT2D eigenvalue weighted by atomic mass is 127. The van der Waals surface area contributed by atoms with Crippen molar-refractivity contribution in [1.82, 2.24) is 4.98 Å². The van der Waals surface area contributed by atoms with Gasteiger partial charge in [-0.25, -0.2) is 4.98 Å². The molecule has 0 aliphatic heterocycles. The van der Waals surface area contributed by atoms with Gasteiger partial charge in [-0.15, -0.1) is 11.3 Å². The van der Waals surface area contributed by atoms with Gasteiger partial charge >= 0.3 is 0 Å². The van der Waals surface area contributed by atoms with Crippen LogP contribution in [0.3, 0.4) is 0 Å². The van der Waals surface area contributed by atoms with Crippen LogP contribution in [0.25, 0.3) is 20.8 Å². The number of fused-ring (bicyclic) bond motifs is 1. The van der Waals surface area contributed by atoms with Gasteiger partial charge in [0.05, 0.1) is 26.5 Å². The zero-order chi connectivity index (χ0) is 18.1. The second kappa shape index (κ2) is 7.34. The zero-order valence-corrected chi connectivity index (χ0v) is 17.1. The SMILES string of the molecule is O=C(Nc1cc(-c2nc3ccccc3s2)ccc1Cl)c1ccccc1I. The van der Waals surface area contributed by atoms with Crippen LogP contribution >= 0.6 is 45.5 Å². The summed E-state index contributed by atoms with van der Waals surface area (Å²) in [6.45, 7) is 0. The molecule has 0 bridgehead atoms. The maximum atomic E-state index is 12.6. The number of carbonyl (C=O) groups excluding carboxylic acids is 1. The number of hydrogen-bond donors (Lipinski definition) is 1.